The summed E-state index contributed by atoms with van der Waals surface area (Å²) in [4.78, 5) is 0. The van der Waals surface area contributed by atoms with E-state index in [1.165, 1.54) is 0 Å². The third kappa shape index (κ3) is 138. The first-order chi connectivity index (χ1) is 0. The van der Waals surface area contributed by atoms with E-state index in [1.54, 1.807) is 0 Å². The third-order valence-corrected chi connectivity index (χ3v) is 0. The van der Waals surface area contributed by atoms with Gasteiger partial charge in [-0.3, -0.25) is 0 Å². The molecule has 0 bridgehead atoms. The molecule has 0 atom stereocenters. The van der Waals surface area contributed by atoms with Crippen molar-refractivity contribution >= 4 is 30.4 Å². The van der Waals surface area contributed by atoms with Crippen molar-refractivity contribution in [2.24, 2.45) is 0 Å². The second kappa shape index (κ2) is 174. The SMILES string of the molecule is [Be+2].[Be+2].[Be+2].[Cl-].[Cl-].[Cl-].[Cl-].[Cl-].[Cl-]. The maximum absolute atomic E-state index is 0. The first-order valence-electron chi connectivity index (χ1n) is 0. The Balaban J connectivity index is 0. The summed E-state index contributed by atoms with van der Waals surface area (Å²) in [5, 5.41) is 0. The van der Waals surface area contributed by atoms with Crippen LogP contribution >= 0.6 is 0 Å². The predicted octanol–water partition coefficient (Wildman–Crippen LogP) is -19.1. The van der Waals surface area contributed by atoms with Gasteiger partial charge in [0.15, 0.2) is 0 Å². The molecule has 0 aliphatic carbocycles. The van der Waals surface area contributed by atoms with Crippen LogP contribution in [0, 0.1) is 0 Å². The van der Waals surface area contributed by atoms with Gasteiger partial charge in [0.25, 0.3) is 0 Å². The molecule has 9 heavy (non-hydrogen) atoms. The summed E-state index contributed by atoms with van der Waals surface area (Å²) in [5.74, 6) is 0. The van der Waals surface area contributed by atoms with Crippen molar-refractivity contribution in [3.05, 3.63) is 0 Å². The molecule has 0 radical (unpaired) electrons. The fourth-order valence-corrected chi connectivity index (χ4v) is 0. The molecule has 0 aromatic rings. The molecule has 48 valence electrons. The van der Waals surface area contributed by atoms with Gasteiger partial charge in [0.05, 0.1) is 0 Å². The van der Waals surface area contributed by atoms with Gasteiger partial charge in [0, 0.05) is 0 Å². The quantitative estimate of drug-likeness (QED) is 0.369. The molecule has 0 fully saturated rings. The number of hydrogen-bond donors (Lipinski definition) is 0. The van der Waals surface area contributed by atoms with Crippen LogP contribution in [0.1, 0.15) is 0 Å². The molecule has 0 saturated carbocycles. The van der Waals surface area contributed by atoms with Gasteiger partial charge in [-0.2, -0.15) is 0 Å². The van der Waals surface area contributed by atoms with E-state index < -0.39 is 0 Å². The molecule has 0 spiro atoms. The van der Waals surface area contributed by atoms with Crippen LogP contribution in [-0.4, -0.2) is 30.4 Å². The van der Waals surface area contributed by atoms with Crippen molar-refractivity contribution in [1.82, 2.24) is 0 Å². The average molecular weight is 240 g/mol. The van der Waals surface area contributed by atoms with Gasteiger partial charge < -0.3 is 74.4 Å². The average Bonchev–Trinajstić information content (AvgIpc) is 0. The zero-order chi connectivity index (χ0) is 0. The third-order valence-electron chi connectivity index (χ3n) is 0. The molecule has 0 aromatic heterocycles. The van der Waals surface area contributed by atoms with E-state index in [4.69, 9.17) is 0 Å². The number of rotatable bonds is 0. The zero-order valence-corrected chi connectivity index (χ0v) is 8.92. The van der Waals surface area contributed by atoms with E-state index in [0.29, 0.717) is 0 Å². The van der Waals surface area contributed by atoms with Crippen LogP contribution < -0.4 is 74.4 Å². The molecule has 0 unspecified atom stereocenters. The normalized spacial score (nSPS) is 0. The van der Waals surface area contributed by atoms with E-state index >= 15 is 0 Å². The van der Waals surface area contributed by atoms with Crippen LogP contribution in [0.5, 0.6) is 0 Å². The van der Waals surface area contributed by atoms with Crippen molar-refractivity contribution in [1.29, 1.82) is 0 Å². The first kappa shape index (κ1) is 234. The minimum atomic E-state index is 0. The molecule has 0 aromatic carbocycles. The predicted molar refractivity (Wildman–Crippen MR) is 17.3 cm³/mol. The molecule has 0 aliphatic rings. The topological polar surface area (TPSA) is 0 Å². The van der Waals surface area contributed by atoms with Gasteiger partial charge in [0.1, 0.15) is 0 Å². The van der Waals surface area contributed by atoms with E-state index in [0.717, 1.165) is 0 Å². The second-order valence-electron chi connectivity index (χ2n) is 0. The first-order valence-corrected chi connectivity index (χ1v) is 0. The maximum atomic E-state index is 0. The molecule has 0 amide bonds. The summed E-state index contributed by atoms with van der Waals surface area (Å²) in [6.07, 6.45) is 0. The minimum absolute atomic E-state index is 0. The Kier molecular flexibility index (Phi) is 4510. The molecule has 0 heterocycles. The summed E-state index contributed by atoms with van der Waals surface area (Å²) in [5.41, 5.74) is 0. The minimum Gasteiger partial charge on any atom is -1.00 e. The zero-order valence-electron chi connectivity index (χ0n) is 4.39. The van der Waals surface area contributed by atoms with Gasteiger partial charge in [0.2, 0.25) is 0 Å². The summed E-state index contributed by atoms with van der Waals surface area (Å²) in [6.45, 7) is 0. The van der Waals surface area contributed by atoms with Crippen LogP contribution in [0.15, 0.2) is 0 Å². The summed E-state index contributed by atoms with van der Waals surface area (Å²) >= 11 is 0. The molecule has 0 saturated heterocycles. The fraction of sp³-hybridized carbons (Fsp3) is 0. The summed E-state index contributed by atoms with van der Waals surface area (Å²) < 4.78 is 0. The molecule has 0 N–H and O–H groups in total. The van der Waals surface area contributed by atoms with Gasteiger partial charge in [-0.1, -0.05) is 0 Å². The summed E-state index contributed by atoms with van der Waals surface area (Å²) in [7, 11) is 0. The molecule has 9 heteroatoms. The molecular formula is Be3Cl6. The van der Waals surface area contributed by atoms with Gasteiger partial charge in [-0.15, -0.1) is 0 Å². The Bertz CT molecular complexity index is 8.26. The second-order valence-corrected chi connectivity index (χ2v) is 0. The monoisotopic (exact) mass is 237 g/mol. The van der Waals surface area contributed by atoms with Crippen LogP contribution in [0.2, 0.25) is 0 Å². The smallest absolute Gasteiger partial charge is 1.00 e. The Morgan fingerprint density at radius 3 is 0.222 bits per heavy atom. The van der Waals surface area contributed by atoms with Crippen LogP contribution in [-0.2, 0) is 0 Å². The Morgan fingerprint density at radius 2 is 0.222 bits per heavy atom. The molecule has 0 rings (SSSR count). The Hall–Kier alpha value is 2.25. The maximum Gasteiger partial charge on any atom is 2.00 e. The number of halogens is 6. The number of hydrogen-bond acceptors (Lipinski definition) is 0. The van der Waals surface area contributed by atoms with Crippen LogP contribution in [0.4, 0.5) is 0 Å². The fourth-order valence-electron chi connectivity index (χ4n) is 0. The van der Waals surface area contributed by atoms with Crippen molar-refractivity contribution in [3.8, 4) is 0 Å². The van der Waals surface area contributed by atoms with Crippen molar-refractivity contribution in [2.45, 2.75) is 0 Å². The standard InChI is InChI=1S/3Be.6ClH/h;;;6*1H/q3*+2;;;;;;/p-6. The van der Waals surface area contributed by atoms with E-state index in [2.05, 4.69) is 0 Å². The van der Waals surface area contributed by atoms with Crippen LogP contribution in [0.25, 0.3) is 0 Å². The Labute approximate surface area is 104 Å². The van der Waals surface area contributed by atoms with Crippen molar-refractivity contribution in [2.75, 3.05) is 0 Å². The van der Waals surface area contributed by atoms with Gasteiger partial charge in [-0.25, -0.2) is 0 Å². The van der Waals surface area contributed by atoms with E-state index in [-0.39, 0.29) is 105 Å². The molecule has 0 aliphatic heterocycles. The van der Waals surface area contributed by atoms with E-state index in [9.17, 15) is 0 Å². The molecular weight excluding hydrogens is 240 g/mol. The van der Waals surface area contributed by atoms with Gasteiger partial charge in [-0.05, 0) is 0 Å². The van der Waals surface area contributed by atoms with Gasteiger partial charge >= 0.3 is 30.4 Å². The van der Waals surface area contributed by atoms with Crippen molar-refractivity contribution < 1.29 is 74.4 Å². The summed E-state index contributed by atoms with van der Waals surface area (Å²) in [6, 6.07) is 0. The largest absolute Gasteiger partial charge is 2.00 e. The molecule has 0 nitrogen and oxygen atoms in total. The Morgan fingerprint density at radius 1 is 0.222 bits per heavy atom. The van der Waals surface area contributed by atoms with Crippen molar-refractivity contribution in [3.63, 3.8) is 0 Å². The van der Waals surface area contributed by atoms with E-state index in [1.807, 2.05) is 0 Å². The van der Waals surface area contributed by atoms with Crippen LogP contribution in [0.3, 0.4) is 0 Å².